The summed E-state index contributed by atoms with van der Waals surface area (Å²) in [6.07, 6.45) is 2.91. The molecule has 6 heteroatoms. The zero-order valence-electron chi connectivity index (χ0n) is 19.6. The molecule has 1 aromatic carbocycles. The Balaban J connectivity index is 1.94. The van der Waals surface area contributed by atoms with Crippen LogP contribution >= 0.6 is 0 Å². The number of rotatable bonds is 4. The molecule has 2 aliphatic rings. The number of phenols is 1. The fourth-order valence-corrected chi connectivity index (χ4v) is 4.82. The summed E-state index contributed by atoms with van der Waals surface area (Å²) in [6.45, 7) is 13.8. The van der Waals surface area contributed by atoms with Crippen molar-refractivity contribution in [2.75, 3.05) is 0 Å². The normalized spacial score (nSPS) is 22.5. The maximum atomic E-state index is 12.9. The van der Waals surface area contributed by atoms with E-state index in [2.05, 4.69) is 39.9 Å². The van der Waals surface area contributed by atoms with E-state index in [-0.39, 0.29) is 35.3 Å². The summed E-state index contributed by atoms with van der Waals surface area (Å²) in [4.78, 5) is 24.0. The molecule has 3 rings (SSSR count). The molecular formula is C25H35NO5. The summed E-state index contributed by atoms with van der Waals surface area (Å²) in [5.41, 5.74) is 0.962. The Morgan fingerprint density at radius 1 is 1.19 bits per heavy atom. The quantitative estimate of drug-likeness (QED) is 0.647. The molecule has 0 radical (unpaired) electrons. The molecule has 1 aromatic rings. The number of hydrogen-bond donors (Lipinski definition) is 3. The molecule has 0 fully saturated rings. The van der Waals surface area contributed by atoms with Gasteiger partial charge in [0.15, 0.2) is 0 Å². The minimum Gasteiger partial charge on any atom is -0.508 e. The molecule has 1 amide bonds. The van der Waals surface area contributed by atoms with Crippen LogP contribution in [0.25, 0.3) is 0 Å². The molecule has 1 aliphatic heterocycles. The predicted molar refractivity (Wildman–Crippen MR) is 120 cm³/mol. The highest BCUT2D eigenvalue weighted by molar-refractivity contribution is 5.94. The van der Waals surface area contributed by atoms with Crippen LogP contribution in [0.2, 0.25) is 0 Å². The number of carboxylic acids is 1. The van der Waals surface area contributed by atoms with Crippen molar-refractivity contribution in [3.05, 3.63) is 34.9 Å². The van der Waals surface area contributed by atoms with E-state index in [1.54, 1.807) is 13.8 Å². The number of nitrogens with one attached hydrogen (secondary N) is 1. The Labute approximate surface area is 184 Å². The average molecular weight is 430 g/mol. The minimum atomic E-state index is -0.956. The summed E-state index contributed by atoms with van der Waals surface area (Å²) in [5, 5.41) is 22.9. The molecule has 6 nitrogen and oxygen atoms in total. The highest BCUT2D eigenvalue weighted by atomic mass is 16.5. The van der Waals surface area contributed by atoms with Crippen LogP contribution in [0.4, 0.5) is 0 Å². The molecule has 0 bridgehead atoms. The smallest absolute Gasteiger partial charge is 0.305 e. The number of aromatic hydroxyl groups is 1. The number of aliphatic carboxylic acids is 1. The lowest BCUT2D eigenvalue weighted by atomic mass is 9.66. The molecule has 31 heavy (non-hydrogen) atoms. The van der Waals surface area contributed by atoms with Gasteiger partial charge in [-0.25, -0.2) is 0 Å². The van der Waals surface area contributed by atoms with E-state index in [0.29, 0.717) is 24.2 Å². The van der Waals surface area contributed by atoms with Crippen LogP contribution in [0.3, 0.4) is 0 Å². The topological polar surface area (TPSA) is 95.9 Å². The van der Waals surface area contributed by atoms with Gasteiger partial charge in [-0.15, -0.1) is 0 Å². The van der Waals surface area contributed by atoms with E-state index in [1.807, 2.05) is 18.2 Å². The van der Waals surface area contributed by atoms with Crippen molar-refractivity contribution < 1.29 is 24.5 Å². The molecule has 0 aromatic heterocycles. The number of fused-ring (bicyclic) bond motifs is 3. The van der Waals surface area contributed by atoms with Crippen LogP contribution in [0, 0.1) is 5.92 Å². The van der Waals surface area contributed by atoms with Gasteiger partial charge < -0.3 is 20.3 Å². The van der Waals surface area contributed by atoms with Crippen molar-refractivity contribution in [1.29, 1.82) is 0 Å². The summed E-state index contributed by atoms with van der Waals surface area (Å²) >= 11 is 0. The molecule has 0 unspecified atom stereocenters. The van der Waals surface area contributed by atoms with E-state index in [9.17, 15) is 14.7 Å². The Hall–Kier alpha value is -2.50. The Bertz CT molecular complexity index is 936. The molecule has 1 heterocycles. The highest BCUT2D eigenvalue weighted by Crippen LogP contribution is 2.54. The number of carboxylic acid groups (broad SMARTS) is 1. The molecule has 3 N–H and O–H groups in total. The molecule has 170 valence electrons. The summed E-state index contributed by atoms with van der Waals surface area (Å²) in [6, 6.07) is 3.83. The SMILES string of the molecule is CC(C)(CC(=O)O)NC(=O)C1=CC[C@@H]2[C@@H](C1)c1c(O)cc(C(C)(C)C)cc1OC2(C)C. The first-order chi connectivity index (χ1) is 14.1. The highest BCUT2D eigenvalue weighted by Gasteiger charge is 2.47. The third kappa shape index (κ3) is 4.73. The monoisotopic (exact) mass is 429 g/mol. The van der Waals surface area contributed by atoms with Gasteiger partial charge in [0.1, 0.15) is 17.1 Å². The molecular weight excluding hydrogens is 394 g/mol. The van der Waals surface area contributed by atoms with E-state index in [1.165, 1.54) is 0 Å². The first-order valence-electron chi connectivity index (χ1n) is 10.9. The first kappa shape index (κ1) is 23.2. The lowest BCUT2D eigenvalue weighted by molar-refractivity contribution is -0.138. The molecule has 0 spiro atoms. The number of allylic oxidation sites excluding steroid dienone is 1. The fraction of sp³-hybridized carbons (Fsp3) is 0.600. The Morgan fingerprint density at radius 3 is 2.42 bits per heavy atom. The second-order valence-electron chi connectivity index (χ2n) is 11.2. The summed E-state index contributed by atoms with van der Waals surface area (Å²) in [7, 11) is 0. The zero-order valence-corrected chi connectivity index (χ0v) is 19.6. The lowest BCUT2D eigenvalue weighted by Gasteiger charge is -2.47. The van der Waals surface area contributed by atoms with Crippen LogP contribution in [0.5, 0.6) is 11.5 Å². The number of benzene rings is 1. The van der Waals surface area contributed by atoms with Gasteiger partial charge in [0.25, 0.3) is 0 Å². The standard InChI is InChI=1S/C25H35NO5/c1-23(2,3)15-11-18(27)21-16-10-14(22(30)26-24(4,5)13-20(28)29)8-9-17(16)25(6,7)31-19(21)12-15/h8,11-12,16-17,27H,9-10,13H2,1-7H3,(H,26,30)(H,28,29)/t16-,17-/m1/s1. The molecule has 2 atom stereocenters. The number of hydrogen-bond acceptors (Lipinski definition) is 4. The predicted octanol–water partition coefficient (Wildman–Crippen LogP) is 4.65. The van der Waals surface area contributed by atoms with Crippen LogP contribution in [-0.2, 0) is 15.0 Å². The van der Waals surface area contributed by atoms with Gasteiger partial charge in [0.2, 0.25) is 5.91 Å². The summed E-state index contributed by atoms with van der Waals surface area (Å²) in [5.74, 6) is -0.245. The third-order valence-electron chi connectivity index (χ3n) is 6.50. The van der Waals surface area contributed by atoms with Crippen LogP contribution in [0.1, 0.15) is 84.8 Å². The number of carbonyl (C=O) groups excluding carboxylic acids is 1. The van der Waals surface area contributed by atoms with Crippen LogP contribution in [-0.4, -0.2) is 33.2 Å². The number of ether oxygens (including phenoxy) is 1. The lowest BCUT2D eigenvalue weighted by Crippen LogP contribution is -2.48. The zero-order chi connectivity index (χ0) is 23.4. The fourth-order valence-electron chi connectivity index (χ4n) is 4.82. The molecule has 0 saturated heterocycles. The Morgan fingerprint density at radius 2 is 1.84 bits per heavy atom. The van der Waals surface area contributed by atoms with Crippen LogP contribution in [0.15, 0.2) is 23.8 Å². The van der Waals surface area contributed by atoms with E-state index < -0.39 is 17.1 Å². The van der Waals surface area contributed by atoms with Gasteiger partial charge in [0, 0.05) is 28.5 Å². The third-order valence-corrected chi connectivity index (χ3v) is 6.50. The number of carbonyl (C=O) groups is 2. The van der Waals surface area contributed by atoms with Crippen LogP contribution < -0.4 is 10.1 Å². The molecule has 1 aliphatic carbocycles. The van der Waals surface area contributed by atoms with Crippen molar-refractivity contribution in [1.82, 2.24) is 5.32 Å². The van der Waals surface area contributed by atoms with Crippen molar-refractivity contribution in [3.63, 3.8) is 0 Å². The van der Waals surface area contributed by atoms with E-state index in [4.69, 9.17) is 9.84 Å². The van der Waals surface area contributed by atoms with Crippen molar-refractivity contribution in [2.45, 2.75) is 90.2 Å². The van der Waals surface area contributed by atoms with Gasteiger partial charge in [-0.05, 0) is 63.6 Å². The molecule has 0 saturated carbocycles. The number of amides is 1. The summed E-state index contributed by atoms with van der Waals surface area (Å²) < 4.78 is 6.37. The van der Waals surface area contributed by atoms with Gasteiger partial charge >= 0.3 is 5.97 Å². The van der Waals surface area contributed by atoms with Crippen molar-refractivity contribution in [2.24, 2.45) is 5.92 Å². The largest absolute Gasteiger partial charge is 0.508 e. The average Bonchev–Trinajstić information content (AvgIpc) is 2.57. The number of phenolic OH excluding ortho intramolecular Hbond substituents is 1. The van der Waals surface area contributed by atoms with Gasteiger partial charge in [-0.1, -0.05) is 26.8 Å². The second kappa shape index (κ2) is 7.57. The van der Waals surface area contributed by atoms with Crippen molar-refractivity contribution >= 4 is 11.9 Å². The maximum absolute atomic E-state index is 12.9. The van der Waals surface area contributed by atoms with Gasteiger partial charge in [-0.2, -0.15) is 0 Å². The van der Waals surface area contributed by atoms with Gasteiger partial charge in [0.05, 0.1) is 6.42 Å². The Kier molecular flexibility index (Phi) is 5.66. The minimum absolute atomic E-state index is 0.0545. The second-order valence-corrected chi connectivity index (χ2v) is 11.2. The van der Waals surface area contributed by atoms with Crippen molar-refractivity contribution in [3.8, 4) is 11.5 Å². The first-order valence-corrected chi connectivity index (χ1v) is 10.9. The van der Waals surface area contributed by atoms with Gasteiger partial charge in [-0.3, -0.25) is 9.59 Å². The van der Waals surface area contributed by atoms with E-state index in [0.717, 1.165) is 11.1 Å². The maximum Gasteiger partial charge on any atom is 0.305 e. The van der Waals surface area contributed by atoms with E-state index >= 15 is 0 Å².